The molecule has 0 fully saturated rings. The van der Waals surface area contributed by atoms with Crippen molar-refractivity contribution < 1.29 is 9.47 Å². The molecule has 3 heteroatoms. The molecule has 0 N–H and O–H groups in total. The van der Waals surface area contributed by atoms with Crippen LogP contribution in [0, 0.1) is 13.8 Å². The maximum absolute atomic E-state index is 5.62. The third-order valence-electron chi connectivity index (χ3n) is 11.0. The molecular formula is C56H49NO2. The number of hydrogen-bond acceptors (Lipinski definition) is 3. The fourth-order valence-corrected chi connectivity index (χ4v) is 7.73. The van der Waals surface area contributed by atoms with Crippen molar-refractivity contribution >= 4 is 51.1 Å². The molecule has 0 radical (unpaired) electrons. The van der Waals surface area contributed by atoms with Gasteiger partial charge in [0.1, 0.15) is 11.5 Å². The lowest BCUT2D eigenvalue weighted by Gasteiger charge is -2.28. The molecule has 8 rings (SSSR count). The lowest BCUT2D eigenvalue weighted by molar-refractivity contribution is 0.414. The van der Waals surface area contributed by atoms with Gasteiger partial charge in [0, 0.05) is 16.8 Å². The summed E-state index contributed by atoms with van der Waals surface area (Å²) in [6, 6.07) is 65.3. The van der Waals surface area contributed by atoms with Crippen LogP contribution in [0.3, 0.4) is 0 Å². The number of aryl methyl sites for hydroxylation is 3. The quantitative estimate of drug-likeness (QED) is 0.116. The van der Waals surface area contributed by atoms with E-state index in [2.05, 4.69) is 196 Å². The van der Waals surface area contributed by atoms with Crippen molar-refractivity contribution in [3.63, 3.8) is 0 Å². The number of rotatable bonds is 12. The number of ether oxygens (including phenoxy) is 2. The summed E-state index contributed by atoms with van der Waals surface area (Å²) in [5.41, 5.74) is 16.1. The smallest absolute Gasteiger partial charge is 0.119 e. The summed E-state index contributed by atoms with van der Waals surface area (Å²) >= 11 is 0. The van der Waals surface area contributed by atoms with Gasteiger partial charge in [0.15, 0.2) is 0 Å². The standard InChI is InChI=1S/C56H49NO2/c1-6-41-12-9-15-49(34-41)57(48-31-24-42(25-32-48)35-54(45-13-10-16-50(36-45)58-4)46-14-11-17-51(37-46)59-5)56-33-30-47(52-18-7-8-19-53(52)56)38-55(43-26-20-39(2)21-27-43)44-28-22-40(3)23-29-44/h7-38H,6H2,1-5H3. The van der Waals surface area contributed by atoms with Crippen LogP contribution in [0.5, 0.6) is 11.5 Å². The van der Waals surface area contributed by atoms with E-state index in [0.29, 0.717) is 0 Å². The van der Waals surface area contributed by atoms with E-state index >= 15 is 0 Å². The Kier molecular flexibility index (Phi) is 11.6. The first-order chi connectivity index (χ1) is 28.9. The van der Waals surface area contributed by atoms with E-state index in [9.17, 15) is 0 Å². The van der Waals surface area contributed by atoms with Gasteiger partial charge in [0.25, 0.3) is 0 Å². The molecule has 0 atom stereocenters. The highest BCUT2D eigenvalue weighted by Crippen LogP contribution is 2.42. The first-order valence-electron chi connectivity index (χ1n) is 20.3. The fourth-order valence-electron chi connectivity index (χ4n) is 7.73. The Morgan fingerprint density at radius 1 is 0.475 bits per heavy atom. The predicted octanol–water partition coefficient (Wildman–Crippen LogP) is 14.7. The molecular weight excluding hydrogens is 719 g/mol. The van der Waals surface area contributed by atoms with Gasteiger partial charge in [-0.25, -0.2) is 0 Å². The van der Waals surface area contributed by atoms with Crippen LogP contribution in [-0.4, -0.2) is 14.2 Å². The van der Waals surface area contributed by atoms with E-state index in [1.54, 1.807) is 14.2 Å². The first-order valence-corrected chi connectivity index (χ1v) is 20.3. The van der Waals surface area contributed by atoms with Crippen LogP contribution in [0.25, 0.3) is 34.1 Å². The average molecular weight is 768 g/mol. The van der Waals surface area contributed by atoms with Crippen molar-refractivity contribution in [2.75, 3.05) is 19.1 Å². The predicted molar refractivity (Wildman–Crippen MR) is 250 cm³/mol. The van der Waals surface area contributed by atoms with Crippen molar-refractivity contribution in [1.82, 2.24) is 0 Å². The molecule has 3 nitrogen and oxygen atoms in total. The number of nitrogens with zero attached hydrogens (tertiary/aromatic N) is 1. The number of hydrogen-bond donors (Lipinski definition) is 0. The van der Waals surface area contributed by atoms with Gasteiger partial charge < -0.3 is 14.4 Å². The normalized spacial score (nSPS) is 10.9. The first kappa shape index (κ1) is 38.8. The maximum atomic E-state index is 5.62. The van der Waals surface area contributed by atoms with Crippen LogP contribution >= 0.6 is 0 Å². The van der Waals surface area contributed by atoms with Gasteiger partial charge in [-0.2, -0.15) is 0 Å². The van der Waals surface area contributed by atoms with Crippen LogP contribution < -0.4 is 14.4 Å². The second kappa shape index (κ2) is 17.6. The summed E-state index contributed by atoms with van der Waals surface area (Å²) in [5.74, 6) is 1.62. The summed E-state index contributed by atoms with van der Waals surface area (Å²) in [7, 11) is 3.41. The molecule has 8 aromatic carbocycles. The molecule has 0 aliphatic carbocycles. The molecule has 0 aliphatic heterocycles. The zero-order valence-corrected chi connectivity index (χ0v) is 34.4. The van der Waals surface area contributed by atoms with Crippen molar-refractivity contribution in [2.24, 2.45) is 0 Å². The molecule has 59 heavy (non-hydrogen) atoms. The summed E-state index contributed by atoms with van der Waals surface area (Å²) in [5, 5.41) is 2.37. The van der Waals surface area contributed by atoms with E-state index in [1.165, 1.54) is 49.7 Å². The van der Waals surface area contributed by atoms with Crippen LogP contribution in [0.2, 0.25) is 0 Å². The minimum atomic E-state index is 0.812. The Morgan fingerprint density at radius 3 is 1.61 bits per heavy atom. The largest absolute Gasteiger partial charge is 0.497 e. The van der Waals surface area contributed by atoms with Crippen molar-refractivity contribution in [3.05, 3.63) is 232 Å². The topological polar surface area (TPSA) is 21.7 Å². The summed E-state index contributed by atoms with van der Waals surface area (Å²) < 4.78 is 11.2. The zero-order chi connectivity index (χ0) is 40.7. The zero-order valence-electron chi connectivity index (χ0n) is 34.4. The van der Waals surface area contributed by atoms with E-state index in [0.717, 1.165) is 57.2 Å². The highest BCUT2D eigenvalue weighted by molar-refractivity contribution is 6.06. The molecule has 8 aromatic rings. The number of methoxy groups -OCH3 is 2. The van der Waals surface area contributed by atoms with Gasteiger partial charge in [0.2, 0.25) is 0 Å². The maximum Gasteiger partial charge on any atom is 0.119 e. The SMILES string of the molecule is CCc1cccc(N(c2ccc(C=C(c3cccc(OC)c3)c3cccc(OC)c3)cc2)c2ccc(C=C(c3ccc(C)cc3)c3ccc(C)cc3)c3ccccc23)c1. The van der Waals surface area contributed by atoms with Gasteiger partial charge in [-0.15, -0.1) is 0 Å². The molecule has 0 bridgehead atoms. The third-order valence-corrected chi connectivity index (χ3v) is 11.0. The van der Waals surface area contributed by atoms with E-state index in [4.69, 9.17) is 9.47 Å². The minimum Gasteiger partial charge on any atom is -0.497 e. The Bertz CT molecular complexity index is 2680. The van der Waals surface area contributed by atoms with E-state index < -0.39 is 0 Å². The van der Waals surface area contributed by atoms with E-state index in [-0.39, 0.29) is 0 Å². The molecule has 0 aliphatic rings. The molecule has 290 valence electrons. The number of fused-ring (bicyclic) bond motifs is 1. The molecule has 0 spiro atoms. The van der Waals surface area contributed by atoms with Gasteiger partial charge in [-0.1, -0.05) is 145 Å². The third kappa shape index (κ3) is 8.61. The van der Waals surface area contributed by atoms with Crippen molar-refractivity contribution in [1.29, 1.82) is 0 Å². The Balaban J connectivity index is 1.26. The van der Waals surface area contributed by atoms with Crippen molar-refractivity contribution in [3.8, 4) is 11.5 Å². The van der Waals surface area contributed by atoms with Gasteiger partial charge in [-0.3, -0.25) is 0 Å². The molecule has 0 saturated heterocycles. The van der Waals surface area contributed by atoms with Crippen LogP contribution in [0.15, 0.2) is 182 Å². The number of anilines is 3. The van der Waals surface area contributed by atoms with Crippen LogP contribution in [-0.2, 0) is 6.42 Å². The molecule has 0 amide bonds. The highest BCUT2D eigenvalue weighted by Gasteiger charge is 2.18. The summed E-state index contributed by atoms with van der Waals surface area (Å²) in [6.07, 6.45) is 5.55. The monoisotopic (exact) mass is 767 g/mol. The lowest BCUT2D eigenvalue weighted by atomic mass is 9.92. The summed E-state index contributed by atoms with van der Waals surface area (Å²) in [4.78, 5) is 2.40. The van der Waals surface area contributed by atoms with Gasteiger partial charge in [-0.05, 0) is 142 Å². The molecule has 0 aromatic heterocycles. The molecule has 0 unspecified atom stereocenters. The second-order valence-electron chi connectivity index (χ2n) is 15.0. The van der Waals surface area contributed by atoms with E-state index in [1.807, 2.05) is 24.3 Å². The van der Waals surface area contributed by atoms with Crippen LogP contribution in [0.4, 0.5) is 17.1 Å². The van der Waals surface area contributed by atoms with Crippen LogP contribution in [0.1, 0.15) is 57.0 Å². The Morgan fingerprint density at radius 2 is 1.03 bits per heavy atom. The van der Waals surface area contributed by atoms with Gasteiger partial charge >= 0.3 is 0 Å². The highest BCUT2D eigenvalue weighted by atomic mass is 16.5. The summed E-state index contributed by atoms with van der Waals surface area (Å²) in [6.45, 7) is 6.49. The van der Waals surface area contributed by atoms with Gasteiger partial charge in [0.05, 0.1) is 19.9 Å². The van der Waals surface area contributed by atoms with Crippen molar-refractivity contribution in [2.45, 2.75) is 27.2 Å². The average Bonchev–Trinajstić information content (AvgIpc) is 3.29. The number of benzene rings is 8. The molecule has 0 heterocycles. The second-order valence-corrected chi connectivity index (χ2v) is 15.0. The Labute approximate surface area is 349 Å². The Hall–Kier alpha value is -7.10. The minimum absolute atomic E-state index is 0.812. The molecule has 0 saturated carbocycles. The lowest BCUT2D eigenvalue weighted by Crippen LogP contribution is -2.11. The fraction of sp³-hybridized carbons (Fsp3) is 0.107.